The number of aromatic nitrogens is 3. The van der Waals surface area contributed by atoms with Gasteiger partial charge in [0.25, 0.3) is 5.91 Å². The lowest BCUT2D eigenvalue weighted by molar-refractivity contribution is -0.191. The summed E-state index contributed by atoms with van der Waals surface area (Å²) in [6.07, 6.45) is -0.00387. The summed E-state index contributed by atoms with van der Waals surface area (Å²) in [6.45, 7) is 0.417. The highest BCUT2D eigenvalue weighted by Gasteiger charge is 2.47. The molecule has 2 aromatic carbocycles. The lowest BCUT2D eigenvalue weighted by Gasteiger charge is -2.37. The van der Waals surface area contributed by atoms with Crippen LogP contribution in [0.25, 0.3) is 21.9 Å². The number of likely N-dealkylation sites (tertiary alicyclic amines) is 1. The van der Waals surface area contributed by atoms with Crippen molar-refractivity contribution in [3.63, 3.8) is 0 Å². The van der Waals surface area contributed by atoms with Gasteiger partial charge >= 0.3 is 6.18 Å². The maximum Gasteiger partial charge on any atom is 0.411 e. The fraction of sp³-hybridized carbons (Fsp3) is 0.370. The molecule has 2 N–H and O–H groups in total. The van der Waals surface area contributed by atoms with Crippen LogP contribution in [0.4, 0.5) is 17.6 Å². The molecule has 2 aromatic heterocycles. The van der Waals surface area contributed by atoms with Crippen molar-refractivity contribution in [1.29, 1.82) is 0 Å². The molecule has 1 saturated heterocycles. The Balaban J connectivity index is 1.24. The molecule has 1 aliphatic carbocycles. The van der Waals surface area contributed by atoms with Crippen molar-refractivity contribution in [2.45, 2.75) is 49.9 Å². The van der Waals surface area contributed by atoms with E-state index in [0.29, 0.717) is 40.3 Å². The minimum absolute atomic E-state index is 0.000597. The summed E-state index contributed by atoms with van der Waals surface area (Å²) in [7, 11) is 0. The number of benzene rings is 2. The Kier molecular flexibility index (Phi) is 5.86. The third kappa shape index (κ3) is 4.77. The SMILES string of the molecule is O=C(NC1CC1)c1ccc2nc(C(N3CCC(c4ccnc5ccc(F)cc45)CC3)C(F)(F)F)[nH]c2c1. The van der Waals surface area contributed by atoms with E-state index in [1.165, 1.54) is 17.0 Å². The van der Waals surface area contributed by atoms with Crippen LogP contribution in [-0.4, -0.2) is 51.1 Å². The number of aromatic amines is 1. The number of carbonyl (C=O) groups excluding carboxylic acids is 1. The average molecular weight is 512 g/mol. The van der Waals surface area contributed by atoms with E-state index in [2.05, 4.69) is 20.3 Å². The Labute approximate surface area is 210 Å². The van der Waals surface area contributed by atoms with Crippen molar-refractivity contribution in [3.8, 4) is 0 Å². The minimum atomic E-state index is -4.54. The van der Waals surface area contributed by atoms with Crippen molar-refractivity contribution in [2.24, 2.45) is 0 Å². The standard InChI is InChI=1S/C27H25F4N5O/c28-17-2-6-21-20(14-17)19(7-10-32-21)15-8-11-36(12-9-15)24(27(29,30)31)25-34-22-5-1-16(13-23(22)35-25)26(37)33-18-3-4-18/h1-2,5-7,10,13-15,18,24H,3-4,8-9,11-12H2,(H,33,37)(H,34,35). The molecule has 37 heavy (non-hydrogen) atoms. The molecule has 1 unspecified atom stereocenters. The van der Waals surface area contributed by atoms with Crippen LogP contribution in [0.1, 0.15) is 59.4 Å². The Bertz CT molecular complexity index is 1470. The first-order valence-electron chi connectivity index (χ1n) is 12.4. The molecule has 1 aliphatic heterocycles. The quantitative estimate of drug-likeness (QED) is 0.341. The number of nitrogens with zero attached hydrogens (tertiary/aromatic N) is 3. The predicted molar refractivity (Wildman–Crippen MR) is 131 cm³/mol. The van der Waals surface area contributed by atoms with E-state index in [9.17, 15) is 22.4 Å². The van der Waals surface area contributed by atoms with E-state index in [1.807, 2.05) is 6.07 Å². The van der Waals surface area contributed by atoms with Crippen LogP contribution in [-0.2, 0) is 0 Å². The van der Waals surface area contributed by atoms with Gasteiger partial charge < -0.3 is 10.3 Å². The Morgan fingerprint density at radius 1 is 1.03 bits per heavy atom. The van der Waals surface area contributed by atoms with E-state index in [-0.39, 0.29) is 42.6 Å². The van der Waals surface area contributed by atoms with Crippen LogP contribution >= 0.6 is 0 Å². The summed E-state index contributed by atoms with van der Waals surface area (Å²) in [5.74, 6) is -0.786. The molecule has 2 aliphatic rings. The Morgan fingerprint density at radius 3 is 2.51 bits per heavy atom. The van der Waals surface area contributed by atoms with Gasteiger partial charge in [0.1, 0.15) is 11.6 Å². The highest BCUT2D eigenvalue weighted by atomic mass is 19.4. The maximum absolute atomic E-state index is 14.3. The zero-order valence-electron chi connectivity index (χ0n) is 19.9. The highest BCUT2D eigenvalue weighted by molar-refractivity contribution is 5.97. The normalized spacial score (nSPS) is 18.4. The van der Waals surface area contributed by atoms with Crippen LogP contribution in [0.5, 0.6) is 0 Å². The molecule has 4 aromatic rings. The van der Waals surface area contributed by atoms with Crippen LogP contribution in [0.15, 0.2) is 48.7 Å². The fourth-order valence-corrected chi connectivity index (χ4v) is 5.30. The summed E-state index contributed by atoms with van der Waals surface area (Å²) in [4.78, 5) is 25.2. The second kappa shape index (κ2) is 9.09. The van der Waals surface area contributed by atoms with E-state index in [1.54, 1.807) is 30.5 Å². The minimum Gasteiger partial charge on any atom is -0.349 e. The highest BCUT2D eigenvalue weighted by Crippen LogP contribution is 2.41. The van der Waals surface area contributed by atoms with Crippen molar-refractivity contribution >= 4 is 27.8 Å². The van der Waals surface area contributed by atoms with Gasteiger partial charge in [0.05, 0.1) is 16.6 Å². The van der Waals surface area contributed by atoms with Crippen molar-refractivity contribution in [1.82, 2.24) is 25.2 Å². The molecular weight excluding hydrogens is 486 g/mol. The number of hydrogen-bond acceptors (Lipinski definition) is 4. The Hall–Kier alpha value is -3.53. The van der Waals surface area contributed by atoms with Gasteiger partial charge in [-0.1, -0.05) is 0 Å². The zero-order valence-corrected chi connectivity index (χ0v) is 19.9. The van der Waals surface area contributed by atoms with Crippen LogP contribution in [0.3, 0.4) is 0 Å². The molecule has 0 bridgehead atoms. The van der Waals surface area contributed by atoms with E-state index in [0.717, 1.165) is 18.4 Å². The van der Waals surface area contributed by atoms with E-state index in [4.69, 9.17) is 0 Å². The summed E-state index contributed by atoms with van der Waals surface area (Å²) in [6, 6.07) is 9.24. The first-order chi connectivity index (χ1) is 17.8. The molecule has 1 amide bonds. The molecule has 0 radical (unpaired) electrons. The van der Waals surface area contributed by atoms with Crippen molar-refractivity contribution < 1.29 is 22.4 Å². The van der Waals surface area contributed by atoms with Crippen LogP contribution in [0.2, 0.25) is 0 Å². The molecule has 2 fully saturated rings. The number of nitrogens with one attached hydrogen (secondary N) is 2. The lowest BCUT2D eigenvalue weighted by atomic mass is 9.87. The first-order valence-corrected chi connectivity index (χ1v) is 12.4. The number of H-pyrrole nitrogens is 1. The third-order valence-electron chi connectivity index (χ3n) is 7.32. The van der Waals surface area contributed by atoms with Crippen molar-refractivity contribution in [2.75, 3.05) is 13.1 Å². The molecule has 6 rings (SSSR count). The summed E-state index contributed by atoms with van der Waals surface area (Å²) < 4.78 is 56.9. The largest absolute Gasteiger partial charge is 0.411 e. The molecule has 1 saturated carbocycles. The fourth-order valence-electron chi connectivity index (χ4n) is 5.30. The van der Waals surface area contributed by atoms with E-state index >= 15 is 0 Å². The number of amides is 1. The summed E-state index contributed by atoms with van der Waals surface area (Å²) in [5, 5.41) is 3.59. The van der Waals surface area contributed by atoms with Gasteiger partial charge in [-0.05, 0) is 92.7 Å². The predicted octanol–water partition coefficient (Wildman–Crippen LogP) is 5.63. The number of imidazole rings is 1. The lowest BCUT2D eigenvalue weighted by Crippen LogP contribution is -2.43. The molecule has 0 spiro atoms. The number of hydrogen-bond donors (Lipinski definition) is 2. The molecule has 192 valence electrons. The van der Waals surface area contributed by atoms with Gasteiger partial charge in [0.2, 0.25) is 0 Å². The molecule has 3 heterocycles. The first kappa shape index (κ1) is 23.8. The van der Waals surface area contributed by atoms with Gasteiger partial charge in [0.15, 0.2) is 6.04 Å². The van der Waals surface area contributed by atoms with Crippen LogP contribution < -0.4 is 5.32 Å². The Morgan fingerprint density at radius 2 is 1.78 bits per heavy atom. The number of pyridine rings is 1. The molecular formula is C27H25F4N5O. The number of alkyl halides is 3. The van der Waals surface area contributed by atoms with E-state index < -0.39 is 12.2 Å². The summed E-state index contributed by atoms with van der Waals surface area (Å²) in [5.41, 5.74) is 2.75. The number of rotatable bonds is 5. The second-order valence-corrected chi connectivity index (χ2v) is 9.92. The summed E-state index contributed by atoms with van der Waals surface area (Å²) >= 11 is 0. The monoisotopic (exact) mass is 511 g/mol. The van der Waals surface area contributed by atoms with Gasteiger partial charge in [-0.2, -0.15) is 13.2 Å². The molecule has 10 heteroatoms. The number of carbonyl (C=O) groups is 1. The van der Waals surface area contributed by atoms with Gasteiger partial charge in [-0.15, -0.1) is 0 Å². The molecule has 1 atom stereocenters. The second-order valence-electron chi connectivity index (χ2n) is 9.92. The maximum atomic E-state index is 14.3. The van der Waals surface area contributed by atoms with Crippen molar-refractivity contribution in [3.05, 3.63) is 71.4 Å². The average Bonchev–Trinajstić information content (AvgIpc) is 3.59. The topological polar surface area (TPSA) is 73.9 Å². The number of halogens is 4. The van der Waals surface area contributed by atoms with Gasteiger partial charge in [-0.3, -0.25) is 14.7 Å². The number of fused-ring (bicyclic) bond motifs is 2. The van der Waals surface area contributed by atoms with Crippen LogP contribution in [0, 0.1) is 5.82 Å². The molecule has 6 nitrogen and oxygen atoms in total. The number of piperidine rings is 1. The van der Waals surface area contributed by atoms with Gasteiger partial charge in [0, 0.05) is 23.2 Å². The third-order valence-corrected chi connectivity index (χ3v) is 7.32. The smallest absolute Gasteiger partial charge is 0.349 e. The van der Waals surface area contributed by atoms with Gasteiger partial charge in [-0.25, -0.2) is 9.37 Å². The zero-order chi connectivity index (χ0) is 25.7.